The van der Waals surface area contributed by atoms with Crippen molar-refractivity contribution in [2.45, 2.75) is 52.6 Å². The van der Waals surface area contributed by atoms with Crippen molar-refractivity contribution in [3.63, 3.8) is 0 Å². The maximum absolute atomic E-state index is 11.6. The topological polar surface area (TPSA) is 67.4 Å². The van der Waals surface area contributed by atoms with Gasteiger partial charge in [0, 0.05) is 6.04 Å². The predicted octanol–water partition coefficient (Wildman–Crippen LogP) is 0.832. The number of rotatable bonds is 8. The first kappa shape index (κ1) is 15.9. The van der Waals surface area contributed by atoms with Crippen LogP contribution in [0, 0.1) is 0 Å². The third-order valence-electron chi connectivity index (χ3n) is 2.11. The summed E-state index contributed by atoms with van der Waals surface area (Å²) in [6, 6.07) is -0.283. The van der Waals surface area contributed by atoms with Crippen molar-refractivity contribution < 1.29 is 14.3 Å². The van der Waals surface area contributed by atoms with Gasteiger partial charge in [0.1, 0.15) is 6.04 Å². The van der Waals surface area contributed by atoms with Crippen LogP contribution in [0.3, 0.4) is 0 Å². The highest BCUT2D eigenvalue weighted by atomic mass is 16.5. The Morgan fingerprint density at radius 1 is 1.24 bits per heavy atom. The molecule has 1 atom stereocenters. The molecule has 100 valence electrons. The minimum atomic E-state index is -0.391. The van der Waals surface area contributed by atoms with E-state index in [2.05, 4.69) is 10.6 Å². The first-order valence-electron chi connectivity index (χ1n) is 6.20. The number of esters is 1. The van der Waals surface area contributed by atoms with Crippen LogP contribution >= 0.6 is 0 Å². The van der Waals surface area contributed by atoms with E-state index < -0.39 is 6.04 Å². The van der Waals surface area contributed by atoms with Gasteiger partial charge in [-0.3, -0.25) is 14.9 Å². The van der Waals surface area contributed by atoms with E-state index in [4.69, 9.17) is 4.74 Å². The van der Waals surface area contributed by atoms with Crippen LogP contribution in [0.15, 0.2) is 0 Å². The molecule has 0 heterocycles. The van der Waals surface area contributed by atoms with Crippen LogP contribution in [-0.4, -0.2) is 37.1 Å². The summed E-state index contributed by atoms with van der Waals surface area (Å²) in [4.78, 5) is 23.0. The maximum atomic E-state index is 11.6. The van der Waals surface area contributed by atoms with Gasteiger partial charge in [-0.1, -0.05) is 13.3 Å². The van der Waals surface area contributed by atoms with Gasteiger partial charge in [-0.2, -0.15) is 0 Å². The van der Waals surface area contributed by atoms with E-state index in [1.165, 1.54) is 0 Å². The van der Waals surface area contributed by atoms with Gasteiger partial charge in [0.25, 0.3) is 0 Å². The second kappa shape index (κ2) is 8.98. The van der Waals surface area contributed by atoms with Crippen LogP contribution in [0.1, 0.15) is 40.5 Å². The Kier molecular flexibility index (Phi) is 8.40. The molecule has 17 heavy (non-hydrogen) atoms. The van der Waals surface area contributed by atoms with Gasteiger partial charge in [0.2, 0.25) is 5.91 Å². The average molecular weight is 244 g/mol. The van der Waals surface area contributed by atoms with E-state index in [0.717, 1.165) is 6.42 Å². The fraction of sp³-hybridized carbons (Fsp3) is 0.833. The van der Waals surface area contributed by atoms with Crippen molar-refractivity contribution in [2.24, 2.45) is 0 Å². The molecule has 1 amide bonds. The highest BCUT2D eigenvalue weighted by molar-refractivity contribution is 5.80. The summed E-state index contributed by atoms with van der Waals surface area (Å²) < 4.78 is 4.94. The minimum Gasteiger partial charge on any atom is -0.465 e. The molecule has 0 saturated carbocycles. The van der Waals surface area contributed by atoms with Crippen LogP contribution in [0.4, 0.5) is 0 Å². The van der Waals surface area contributed by atoms with Gasteiger partial charge in [0.05, 0.1) is 13.2 Å². The molecule has 0 aliphatic rings. The van der Waals surface area contributed by atoms with Crippen LogP contribution in [-0.2, 0) is 14.3 Å². The summed E-state index contributed by atoms with van der Waals surface area (Å²) in [5, 5.41) is 5.68. The Bertz CT molecular complexity index is 242. The average Bonchev–Trinajstić information content (AvgIpc) is 2.23. The lowest BCUT2D eigenvalue weighted by Crippen LogP contribution is -2.45. The Morgan fingerprint density at radius 2 is 1.88 bits per heavy atom. The lowest BCUT2D eigenvalue weighted by molar-refractivity contribution is -0.145. The Morgan fingerprint density at radius 3 is 2.35 bits per heavy atom. The third kappa shape index (κ3) is 7.74. The summed E-state index contributed by atoms with van der Waals surface area (Å²) in [6.45, 7) is 8.05. The van der Waals surface area contributed by atoms with Crippen molar-refractivity contribution in [2.75, 3.05) is 13.2 Å². The highest BCUT2D eigenvalue weighted by Gasteiger charge is 2.19. The molecule has 0 aromatic rings. The number of hydrogen-bond acceptors (Lipinski definition) is 4. The number of carbonyl (C=O) groups is 2. The second-order valence-corrected chi connectivity index (χ2v) is 4.20. The molecule has 0 rings (SSSR count). The molecule has 5 heteroatoms. The Labute approximate surface area is 103 Å². The van der Waals surface area contributed by atoms with Gasteiger partial charge in [-0.15, -0.1) is 0 Å². The van der Waals surface area contributed by atoms with Gasteiger partial charge in [0.15, 0.2) is 0 Å². The maximum Gasteiger partial charge on any atom is 0.323 e. The molecule has 0 spiro atoms. The van der Waals surface area contributed by atoms with Crippen molar-refractivity contribution in [3.8, 4) is 0 Å². The van der Waals surface area contributed by atoms with Crippen LogP contribution in [0.5, 0.6) is 0 Å². The van der Waals surface area contributed by atoms with Crippen LogP contribution < -0.4 is 10.6 Å². The molecule has 0 aliphatic heterocycles. The van der Waals surface area contributed by atoms with E-state index in [0.29, 0.717) is 13.0 Å². The fourth-order valence-corrected chi connectivity index (χ4v) is 1.42. The first-order chi connectivity index (χ1) is 8.01. The van der Waals surface area contributed by atoms with Gasteiger partial charge in [-0.25, -0.2) is 0 Å². The van der Waals surface area contributed by atoms with E-state index in [9.17, 15) is 9.59 Å². The largest absolute Gasteiger partial charge is 0.465 e. The molecule has 0 radical (unpaired) electrons. The second-order valence-electron chi connectivity index (χ2n) is 4.20. The smallest absolute Gasteiger partial charge is 0.323 e. The van der Waals surface area contributed by atoms with Crippen LogP contribution in [0.25, 0.3) is 0 Å². The number of ether oxygens (including phenoxy) is 1. The van der Waals surface area contributed by atoms with E-state index >= 15 is 0 Å². The lowest BCUT2D eigenvalue weighted by atomic mass is 10.1. The summed E-state index contributed by atoms with van der Waals surface area (Å²) in [7, 11) is 0. The number of carbonyl (C=O) groups excluding carboxylic acids is 2. The van der Waals surface area contributed by atoms with Crippen molar-refractivity contribution in [3.05, 3.63) is 0 Å². The van der Waals surface area contributed by atoms with Gasteiger partial charge >= 0.3 is 5.97 Å². The molecule has 0 bridgehead atoms. The molecule has 0 saturated heterocycles. The normalized spacial score (nSPS) is 12.3. The van der Waals surface area contributed by atoms with E-state index in [1.54, 1.807) is 6.92 Å². The lowest BCUT2D eigenvalue weighted by Gasteiger charge is -2.16. The standard InChI is InChI=1S/C12H24N2O3/c1-5-7-10(12(16)17-6-2)13-8-11(15)14-9(3)4/h9-10,13H,5-8H2,1-4H3,(H,14,15). The molecule has 0 fully saturated rings. The van der Waals surface area contributed by atoms with E-state index in [1.807, 2.05) is 20.8 Å². The summed E-state index contributed by atoms with van der Waals surface area (Å²) >= 11 is 0. The number of hydrogen-bond donors (Lipinski definition) is 2. The summed E-state index contributed by atoms with van der Waals surface area (Å²) in [5.74, 6) is -0.392. The van der Waals surface area contributed by atoms with Crippen molar-refractivity contribution in [1.82, 2.24) is 10.6 Å². The molecule has 0 aliphatic carbocycles. The molecule has 0 aromatic carbocycles. The van der Waals surface area contributed by atoms with Crippen LogP contribution in [0.2, 0.25) is 0 Å². The molecule has 2 N–H and O–H groups in total. The predicted molar refractivity (Wildman–Crippen MR) is 66.6 cm³/mol. The van der Waals surface area contributed by atoms with Gasteiger partial charge in [-0.05, 0) is 27.2 Å². The third-order valence-corrected chi connectivity index (χ3v) is 2.11. The van der Waals surface area contributed by atoms with E-state index in [-0.39, 0.29) is 24.5 Å². The number of amides is 1. The van der Waals surface area contributed by atoms with Crippen molar-refractivity contribution in [1.29, 1.82) is 0 Å². The molecule has 5 nitrogen and oxygen atoms in total. The molecule has 1 unspecified atom stereocenters. The number of nitrogens with one attached hydrogen (secondary N) is 2. The quantitative estimate of drug-likeness (QED) is 0.621. The Hall–Kier alpha value is -1.10. The molecule has 0 aromatic heterocycles. The summed E-state index contributed by atoms with van der Waals surface area (Å²) in [5.41, 5.74) is 0. The van der Waals surface area contributed by atoms with Crippen molar-refractivity contribution >= 4 is 11.9 Å². The first-order valence-corrected chi connectivity index (χ1v) is 6.20. The summed E-state index contributed by atoms with van der Waals surface area (Å²) in [6.07, 6.45) is 1.54. The molecular weight excluding hydrogens is 220 g/mol. The highest BCUT2D eigenvalue weighted by Crippen LogP contribution is 1.99. The Balaban J connectivity index is 4.08. The van der Waals surface area contributed by atoms with Gasteiger partial charge < -0.3 is 10.1 Å². The monoisotopic (exact) mass is 244 g/mol. The zero-order valence-corrected chi connectivity index (χ0v) is 11.2. The zero-order valence-electron chi connectivity index (χ0n) is 11.2. The SMILES string of the molecule is CCCC(NCC(=O)NC(C)C)C(=O)OCC. The molecular formula is C12H24N2O3. The minimum absolute atomic E-state index is 0.106. The zero-order chi connectivity index (χ0) is 13.3. The fourth-order valence-electron chi connectivity index (χ4n) is 1.42.